The molecule has 0 spiro atoms. The summed E-state index contributed by atoms with van der Waals surface area (Å²) in [6, 6.07) is 8.90. The zero-order valence-electron chi connectivity index (χ0n) is 18.7. The first kappa shape index (κ1) is 24.0. The van der Waals surface area contributed by atoms with Crippen molar-refractivity contribution in [3.05, 3.63) is 76.8 Å². The van der Waals surface area contributed by atoms with Crippen LogP contribution in [0.2, 0.25) is 0 Å². The predicted molar refractivity (Wildman–Crippen MR) is 116 cm³/mol. The Labute approximate surface area is 197 Å². The minimum atomic E-state index is -4.67. The first-order valence-electron chi connectivity index (χ1n) is 10.6. The van der Waals surface area contributed by atoms with Gasteiger partial charge in [0.25, 0.3) is 11.6 Å². The molecule has 0 unspecified atom stereocenters. The molecular formula is C23H20F4N6O2. The number of nitrogens with zero attached hydrogens (tertiary/aromatic N) is 5. The molecule has 1 aromatic carbocycles. The monoisotopic (exact) mass is 488 g/mol. The summed E-state index contributed by atoms with van der Waals surface area (Å²) in [5, 5.41) is 6.29. The number of hydrogen-bond acceptors (Lipinski definition) is 6. The fourth-order valence-corrected chi connectivity index (χ4v) is 3.42. The van der Waals surface area contributed by atoms with Gasteiger partial charge in [0.05, 0.1) is 0 Å². The number of hydrogen-bond donors (Lipinski definition) is 1. The third kappa shape index (κ3) is 5.70. The van der Waals surface area contributed by atoms with E-state index in [0.29, 0.717) is 28.6 Å². The number of alkyl halides is 3. The Bertz CT molecular complexity index is 1350. The number of amides is 1. The number of rotatable bonds is 7. The van der Waals surface area contributed by atoms with Crippen LogP contribution in [0.1, 0.15) is 34.8 Å². The summed E-state index contributed by atoms with van der Waals surface area (Å²) in [6.07, 6.45) is -2.74. The Balaban J connectivity index is 1.33. The Morgan fingerprint density at radius 1 is 1.09 bits per heavy atom. The molecule has 12 heteroatoms. The van der Waals surface area contributed by atoms with Crippen LogP contribution >= 0.6 is 0 Å². The molecule has 1 N–H and O–H groups in total. The molecule has 182 valence electrons. The van der Waals surface area contributed by atoms with Crippen molar-refractivity contribution >= 4 is 11.7 Å². The van der Waals surface area contributed by atoms with Crippen LogP contribution in [-0.4, -0.2) is 30.5 Å². The van der Waals surface area contributed by atoms with E-state index in [9.17, 15) is 22.4 Å². The summed E-state index contributed by atoms with van der Waals surface area (Å²) in [6.45, 7) is 3.50. The van der Waals surface area contributed by atoms with Gasteiger partial charge in [-0.3, -0.25) is 4.79 Å². The van der Waals surface area contributed by atoms with Crippen molar-refractivity contribution in [2.75, 3.05) is 0 Å². The van der Waals surface area contributed by atoms with Gasteiger partial charge in [0, 0.05) is 36.6 Å². The summed E-state index contributed by atoms with van der Waals surface area (Å²) in [5.74, 6) is -1.25. The fraction of sp³-hybridized carbons (Fsp3) is 0.261. The third-order valence-corrected chi connectivity index (χ3v) is 5.23. The van der Waals surface area contributed by atoms with E-state index in [1.54, 1.807) is 32.2 Å². The molecule has 4 rings (SSSR count). The van der Waals surface area contributed by atoms with Gasteiger partial charge in [-0.15, -0.1) is 5.10 Å². The summed E-state index contributed by atoms with van der Waals surface area (Å²) >= 11 is 0. The van der Waals surface area contributed by atoms with Crippen LogP contribution < -0.4 is 10.1 Å². The van der Waals surface area contributed by atoms with Crippen molar-refractivity contribution in [3.63, 3.8) is 0 Å². The second-order valence-electron chi connectivity index (χ2n) is 7.74. The minimum absolute atomic E-state index is 0.106. The van der Waals surface area contributed by atoms with Crippen LogP contribution in [0.4, 0.5) is 17.6 Å². The molecule has 0 radical (unpaired) electrons. The zero-order valence-corrected chi connectivity index (χ0v) is 18.7. The molecule has 0 atom stereocenters. The molecule has 3 aromatic heterocycles. The smallest absolute Gasteiger partial charge is 0.439 e. The molecule has 3 heterocycles. The van der Waals surface area contributed by atoms with E-state index in [1.807, 2.05) is 0 Å². The highest BCUT2D eigenvalue weighted by molar-refractivity contribution is 5.76. The van der Waals surface area contributed by atoms with Crippen molar-refractivity contribution in [2.45, 2.75) is 39.4 Å². The molecule has 0 aliphatic rings. The SMILES string of the molecule is Cc1nc2nc(C(F)(F)F)nn2c(C)c1CCC(=O)NCc1ccc(Oc2ccc(F)cc2)nc1. The summed E-state index contributed by atoms with van der Waals surface area (Å²) < 4.78 is 58.3. The zero-order chi connectivity index (χ0) is 25.2. The Morgan fingerprint density at radius 2 is 1.83 bits per heavy atom. The molecule has 4 aromatic rings. The lowest BCUT2D eigenvalue weighted by molar-refractivity contribution is -0.144. The molecule has 1 amide bonds. The molecule has 0 aliphatic carbocycles. The van der Waals surface area contributed by atoms with Crippen molar-refractivity contribution < 1.29 is 27.1 Å². The van der Waals surface area contributed by atoms with Crippen molar-refractivity contribution in [3.8, 4) is 11.6 Å². The quantitative estimate of drug-likeness (QED) is 0.389. The third-order valence-electron chi connectivity index (χ3n) is 5.23. The fourth-order valence-electron chi connectivity index (χ4n) is 3.42. The molecule has 0 bridgehead atoms. The molecule has 35 heavy (non-hydrogen) atoms. The number of nitrogens with one attached hydrogen (secondary N) is 1. The van der Waals surface area contributed by atoms with Crippen LogP contribution in [0.5, 0.6) is 11.6 Å². The highest BCUT2D eigenvalue weighted by atomic mass is 19.4. The maximum atomic E-state index is 13.0. The van der Waals surface area contributed by atoms with E-state index in [1.165, 1.54) is 24.3 Å². The molecule has 0 saturated carbocycles. The van der Waals surface area contributed by atoms with Crippen LogP contribution in [0.15, 0.2) is 42.6 Å². The Morgan fingerprint density at radius 3 is 2.49 bits per heavy atom. The first-order valence-corrected chi connectivity index (χ1v) is 10.6. The normalized spacial score (nSPS) is 11.6. The van der Waals surface area contributed by atoms with Crippen LogP contribution in [0.25, 0.3) is 5.78 Å². The number of halogens is 4. The summed E-state index contributed by atoms with van der Waals surface area (Å²) in [7, 11) is 0. The van der Waals surface area contributed by atoms with Gasteiger partial charge in [-0.1, -0.05) is 6.07 Å². The van der Waals surface area contributed by atoms with Gasteiger partial charge in [0.1, 0.15) is 11.6 Å². The molecule has 8 nitrogen and oxygen atoms in total. The predicted octanol–water partition coefficient (Wildman–Crippen LogP) is 4.34. The molecular weight excluding hydrogens is 468 g/mol. The van der Waals surface area contributed by atoms with E-state index < -0.39 is 12.0 Å². The number of pyridine rings is 1. The van der Waals surface area contributed by atoms with Crippen molar-refractivity contribution in [1.82, 2.24) is 29.9 Å². The number of carbonyl (C=O) groups is 1. The first-order chi connectivity index (χ1) is 16.6. The lowest BCUT2D eigenvalue weighted by atomic mass is 10.1. The number of benzene rings is 1. The standard InChI is InChI=1S/C23H20F4N6O2/c1-13-18(14(2)33-22(30-13)31-21(32-33)23(25,26)27)8-9-19(34)28-11-15-3-10-20(29-12-15)35-17-6-4-16(24)5-7-17/h3-7,10,12H,8-9,11H2,1-2H3,(H,28,34). The van der Waals surface area contributed by atoms with E-state index in [-0.39, 0.29) is 36.9 Å². The van der Waals surface area contributed by atoms with E-state index >= 15 is 0 Å². The van der Waals surface area contributed by atoms with E-state index in [4.69, 9.17) is 4.74 Å². The highest BCUT2D eigenvalue weighted by Crippen LogP contribution is 2.27. The summed E-state index contributed by atoms with van der Waals surface area (Å²) in [5.41, 5.74) is 2.31. The van der Waals surface area contributed by atoms with Gasteiger partial charge in [0.15, 0.2) is 0 Å². The summed E-state index contributed by atoms with van der Waals surface area (Å²) in [4.78, 5) is 24.1. The Kier molecular flexibility index (Phi) is 6.63. The number of aromatic nitrogens is 5. The average Bonchev–Trinajstić information content (AvgIpc) is 3.25. The second-order valence-corrected chi connectivity index (χ2v) is 7.74. The number of aryl methyl sites for hydroxylation is 2. The lowest BCUT2D eigenvalue weighted by Crippen LogP contribution is -2.23. The van der Waals surface area contributed by atoms with Crippen LogP contribution in [0.3, 0.4) is 0 Å². The Hall–Kier alpha value is -4.09. The largest absolute Gasteiger partial charge is 0.453 e. The van der Waals surface area contributed by atoms with Crippen LogP contribution in [0, 0.1) is 19.7 Å². The second kappa shape index (κ2) is 9.65. The molecule has 0 saturated heterocycles. The van der Waals surface area contributed by atoms with Gasteiger partial charge >= 0.3 is 6.18 Å². The van der Waals surface area contributed by atoms with Gasteiger partial charge in [-0.25, -0.2) is 18.9 Å². The minimum Gasteiger partial charge on any atom is -0.439 e. The van der Waals surface area contributed by atoms with Gasteiger partial charge in [0.2, 0.25) is 11.8 Å². The van der Waals surface area contributed by atoms with E-state index in [2.05, 4.69) is 25.4 Å². The van der Waals surface area contributed by atoms with Gasteiger partial charge < -0.3 is 10.1 Å². The van der Waals surface area contributed by atoms with Gasteiger partial charge in [-0.05, 0) is 55.7 Å². The van der Waals surface area contributed by atoms with Crippen LogP contribution in [-0.2, 0) is 23.9 Å². The van der Waals surface area contributed by atoms with E-state index in [0.717, 1.165) is 10.1 Å². The number of ether oxygens (including phenoxy) is 1. The topological polar surface area (TPSA) is 94.3 Å². The number of carbonyl (C=O) groups excluding carboxylic acids is 1. The lowest BCUT2D eigenvalue weighted by Gasteiger charge is -2.11. The van der Waals surface area contributed by atoms with Gasteiger partial charge in [-0.2, -0.15) is 18.2 Å². The average molecular weight is 488 g/mol. The number of fused-ring (bicyclic) bond motifs is 1. The molecule has 0 aliphatic heterocycles. The maximum Gasteiger partial charge on any atom is 0.453 e. The maximum absolute atomic E-state index is 13.0. The van der Waals surface area contributed by atoms with Crippen molar-refractivity contribution in [2.24, 2.45) is 0 Å². The van der Waals surface area contributed by atoms with Crippen molar-refractivity contribution in [1.29, 1.82) is 0 Å². The highest BCUT2D eigenvalue weighted by Gasteiger charge is 2.37. The molecule has 0 fully saturated rings.